The lowest BCUT2D eigenvalue weighted by Crippen LogP contribution is -2.21. The van der Waals surface area contributed by atoms with Gasteiger partial charge in [-0.1, -0.05) is 146 Å². The number of rotatable bonds is 6. The number of benzene rings is 6. The van der Waals surface area contributed by atoms with Crippen molar-refractivity contribution in [2.45, 2.75) is 12.8 Å². The number of hydrogen-bond donors (Lipinski definition) is 0. The maximum Gasteiger partial charge on any atom is -0.00724 e. The summed E-state index contributed by atoms with van der Waals surface area (Å²) >= 11 is 0. The standard InChI is InChI=1S/C38H30P2/c1-5-17-31(18-6-1)39(32-19-7-2-8-20-32)37-25-13-15-29-27-30-16-14-26-38(36(30)28-35(29)37)40(33-21-9-3-10-22-33)34-23-11-4-12-24-34/h1-11,13-23,25-28H,12,24H2. The molecule has 0 nitrogen and oxygen atoms in total. The van der Waals surface area contributed by atoms with Crippen LogP contribution in [0.2, 0.25) is 0 Å². The lowest BCUT2D eigenvalue weighted by Gasteiger charge is -2.25. The highest BCUT2D eigenvalue weighted by Crippen LogP contribution is 2.48. The number of hydrogen-bond acceptors (Lipinski definition) is 0. The van der Waals surface area contributed by atoms with Crippen molar-refractivity contribution in [3.63, 3.8) is 0 Å². The molecular formula is C38H30P2. The summed E-state index contributed by atoms with van der Waals surface area (Å²) in [6.45, 7) is 0. The van der Waals surface area contributed by atoms with E-state index in [1.54, 1.807) is 5.31 Å². The molecular weight excluding hydrogens is 518 g/mol. The first kappa shape index (κ1) is 25.2. The Labute approximate surface area is 239 Å². The Morgan fingerprint density at radius 1 is 0.450 bits per heavy atom. The summed E-state index contributed by atoms with van der Waals surface area (Å²) in [7, 11) is -1.32. The third-order valence-electron chi connectivity index (χ3n) is 7.64. The fourth-order valence-corrected chi connectivity index (χ4v) is 10.9. The van der Waals surface area contributed by atoms with Crippen molar-refractivity contribution < 1.29 is 0 Å². The summed E-state index contributed by atoms with van der Waals surface area (Å²) in [5.41, 5.74) is 0. The van der Waals surface area contributed by atoms with Crippen LogP contribution in [0.3, 0.4) is 0 Å². The third-order valence-corrected chi connectivity index (χ3v) is 12.8. The van der Waals surface area contributed by atoms with Gasteiger partial charge in [0.1, 0.15) is 0 Å². The van der Waals surface area contributed by atoms with Gasteiger partial charge in [-0.3, -0.25) is 0 Å². The Morgan fingerprint density at radius 3 is 1.45 bits per heavy atom. The van der Waals surface area contributed by atoms with Crippen LogP contribution in [0.4, 0.5) is 0 Å². The van der Waals surface area contributed by atoms with Gasteiger partial charge in [-0.05, 0) is 94.2 Å². The van der Waals surface area contributed by atoms with Crippen LogP contribution in [-0.2, 0) is 0 Å². The van der Waals surface area contributed by atoms with Gasteiger partial charge in [-0.25, -0.2) is 0 Å². The van der Waals surface area contributed by atoms with E-state index in [0.29, 0.717) is 0 Å². The van der Waals surface area contributed by atoms with Gasteiger partial charge in [0.15, 0.2) is 0 Å². The molecule has 6 aromatic rings. The van der Waals surface area contributed by atoms with Crippen molar-refractivity contribution in [3.05, 3.63) is 163 Å². The van der Waals surface area contributed by atoms with E-state index in [-0.39, 0.29) is 0 Å². The minimum Gasteiger partial charge on any atom is -0.0842 e. The maximum atomic E-state index is 2.51. The van der Waals surface area contributed by atoms with Crippen molar-refractivity contribution in [1.82, 2.24) is 0 Å². The average Bonchev–Trinajstić information content (AvgIpc) is 3.03. The molecule has 0 amide bonds. The van der Waals surface area contributed by atoms with Gasteiger partial charge in [-0.15, -0.1) is 0 Å². The topological polar surface area (TPSA) is 0 Å². The van der Waals surface area contributed by atoms with E-state index in [1.165, 1.54) is 48.1 Å². The van der Waals surface area contributed by atoms with Crippen LogP contribution in [0.1, 0.15) is 12.8 Å². The fourth-order valence-electron chi connectivity index (χ4n) is 5.80. The van der Waals surface area contributed by atoms with Crippen molar-refractivity contribution in [3.8, 4) is 0 Å². The molecule has 0 bridgehead atoms. The second-order valence-corrected chi connectivity index (χ2v) is 14.6. The molecule has 7 rings (SSSR count). The molecule has 6 aromatic carbocycles. The summed E-state index contributed by atoms with van der Waals surface area (Å²) in [6.07, 6.45) is 9.16. The van der Waals surface area contributed by atoms with Gasteiger partial charge in [0.05, 0.1) is 0 Å². The molecule has 0 spiro atoms. The number of allylic oxidation sites excluding steroid dienone is 4. The largest absolute Gasteiger partial charge is 0.0842 e. The van der Waals surface area contributed by atoms with Crippen molar-refractivity contribution in [1.29, 1.82) is 0 Å². The van der Waals surface area contributed by atoms with Crippen LogP contribution >= 0.6 is 15.8 Å². The summed E-state index contributed by atoms with van der Waals surface area (Å²) in [5.74, 6) is 0. The Morgan fingerprint density at radius 2 is 0.950 bits per heavy atom. The van der Waals surface area contributed by atoms with E-state index in [2.05, 4.69) is 158 Å². The molecule has 2 heteroatoms. The van der Waals surface area contributed by atoms with Crippen molar-refractivity contribution in [2.75, 3.05) is 0 Å². The quantitative estimate of drug-likeness (QED) is 0.145. The molecule has 0 heterocycles. The van der Waals surface area contributed by atoms with E-state index in [9.17, 15) is 0 Å². The highest BCUT2D eigenvalue weighted by atomic mass is 31.1. The van der Waals surface area contributed by atoms with Crippen LogP contribution in [0.25, 0.3) is 21.5 Å². The lowest BCUT2D eigenvalue weighted by atomic mass is 10.0. The second-order valence-electron chi connectivity index (χ2n) is 10.2. The minimum atomic E-state index is -0.697. The zero-order chi connectivity index (χ0) is 26.7. The lowest BCUT2D eigenvalue weighted by molar-refractivity contribution is 1.02. The molecule has 1 atom stereocenters. The molecule has 192 valence electrons. The molecule has 0 saturated heterocycles. The van der Waals surface area contributed by atoms with Crippen LogP contribution < -0.4 is 26.5 Å². The van der Waals surface area contributed by atoms with Crippen molar-refractivity contribution in [2.24, 2.45) is 0 Å². The maximum absolute atomic E-state index is 2.51. The second kappa shape index (κ2) is 11.3. The normalized spacial score (nSPS) is 14.0. The first-order chi connectivity index (χ1) is 19.9. The summed E-state index contributed by atoms with van der Waals surface area (Å²) in [6, 6.07) is 52.0. The van der Waals surface area contributed by atoms with Gasteiger partial charge in [-0.2, -0.15) is 0 Å². The summed E-state index contributed by atoms with van der Waals surface area (Å²) in [4.78, 5) is 0. The van der Waals surface area contributed by atoms with Gasteiger partial charge in [0, 0.05) is 0 Å². The van der Waals surface area contributed by atoms with Crippen LogP contribution in [-0.4, -0.2) is 0 Å². The Bertz CT molecular complexity index is 1800. The Kier molecular flexibility index (Phi) is 7.14. The van der Waals surface area contributed by atoms with Gasteiger partial charge in [0.25, 0.3) is 0 Å². The Hall–Kier alpha value is -3.82. The van der Waals surface area contributed by atoms with E-state index >= 15 is 0 Å². The molecule has 1 unspecified atom stereocenters. The molecule has 0 saturated carbocycles. The molecule has 0 N–H and O–H groups in total. The molecule has 0 aliphatic heterocycles. The van der Waals surface area contributed by atoms with E-state index in [1.807, 2.05) is 0 Å². The Balaban J connectivity index is 1.49. The van der Waals surface area contributed by atoms with Gasteiger partial charge < -0.3 is 0 Å². The summed E-state index contributed by atoms with van der Waals surface area (Å²) < 4.78 is 0. The van der Waals surface area contributed by atoms with Crippen LogP contribution in [0.5, 0.6) is 0 Å². The predicted octanol–water partition coefficient (Wildman–Crippen LogP) is 8.42. The highest BCUT2D eigenvalue weighted by Gasteiger charge is 2.23. The summed E-state index contributed by atoms with van der Waals surface area (Å²) in [5, 5.41) is 14.0. The molecule has 0 fully saturated rings. The highest BCUT2D eigenvalue weighted by molar-refractivity contribution is 7.80. The monoisotopic (exact) mass is 548 g/mol. The smallest absolute Gasteiger partial charge is 0.00724 e. The molecule has 40 heavy (non-hydrogen) atoms. The fraction of sp³-hybridized carbons (Fsp3) is 0.0526. The SMILES string of the molecule is C1=CCCC(P(c2ccccc2)c2cccc3cc4cccc(P(c5ccccc5)c5ccccc5)c4cc23)=C1. The minimum absolute atomic E-state index is 0.622. The van der Waals surface area contributed by atoms with Gasteiger partial charge >= 0.3 is 0 Å². The average molecular weight is 549 g/mol. The van der Waals surface area contributed by atoms with E-state index < -0.39 is 15.8 Å². The number of fused-ring (bicyclic) bond motifs is 2. The molecule has 1 aliphatic rings. The van der Waals surface area contributed by atoms with Crippen LogP contribution in [0.15, 0.2) is 163 Å². The first-order valence-corrected chi connectivity index (χ1v) is 16.6. The predicted molar refractivity (Wildman–Crippen MR) is 179 cm³/mol. The third kappa shape index (κ3) is 4.84. The molecule has 0 radical (unpaired) electrons. The first-order valence-electron chi connectivity index (χ1n) is 13.9. The van der Waals surface area contributed by atoms with Crippen LogP contribution in [0, 0.1) is 0 Å². The van der Waals surface area contributed by atoms with E-state index in [0.717, 1.165) is 12.8 Å². The van der Waals surface area contributed by atoms with Crippen molar-refractivity contribution >= 4 is 63.9 Å². The van der Waals surface area contributed by atoms with E-state index in [4.69, 9.17) is 0 Å². The molecule has 1 aliphatic carbocycles. The zero-order valence-electron chi connectivity index (χ0n) is 22.3. The van der Waals surface area contributed by atoms with Gasteiger partial charge in [0.2, 0.25) is 0 Å². The zero-order valence-corrected chi connectivity index (χ0v) is 24.1. The molecule has 0 aromatic heterocycles.